The van der Waals surface area contributed by atoms with Gasteiger partial charge in [0.05, 0.1) is 27.9 Å². The number of benzene rings is 2. The number of hydrogen-bond donors (Lipinski definition) is 3. The highest BCUT2D eigenvalue weighted by Gasteiger charge is 2.18. The third-order valence-electron chi connectivity index (χ3n) is 4.77. The van der Waals surface area contributed by atoms with Crippen LogP contribution in [0.3, 0.4) is 0 Å². The average molecular weight is 424 g/mol. The number of anilines is 2. The molecule has 0 bridgehead atoms. The van der Waals surface area contributed by atoms with Crippen LogP contribution in [0, 0.1) is 0 Å². The van der Waals surface area contributed by atoms with Gasteiger partial charge < -0.3 is 29.4 Å². The maximum atomic E-state index is 9.02. The van der Waals surface area contributed by atoms with Crippen LogP contribution in [0.25, 0.3) is 16.9 Å². The van der Waals surface area contributed by atoms with Crippen LogP contribution in [0.2, 0.25) is 0 Å². The molecule has 4 rings (SSSR count). The molecule has 9 heteroatoms. The highest BCUT2D eigenvalue weighted by Crippen LogP contribution is 2.37. The summed E-state index contributed by atoms with van der Waals surface area (Å²) in [6.07, 6.45) is 1.82. The minimum atomic E-state index is -0.0733. The molecule has 2 heterocycles. The van der Waals surface area contributed by atoms with Gasteiger partial charge in [0.2, 0.25) is 0 Å². The van der Waals surface area contributed by atoms with Gasteiger partial charge in [0.15, 0.2) is 34.5 Å². The Morgan fingerprint density at radius 3 is 2.42 bits per heavy atom. The molecule has 0 radical (unpaired) electrons. The zero-order valence-electron chi connectivity index (χ0n) is 17.5. The van der Waals surface area contributed by atoms with Crippen molar-refractivity contribution in [1.82, 2.24) is 14.6 Å². The predicted molar refractivity (Wildman–Crippen MR) is 117 cm³/mol. The molecule has 0 saturated heterocycles. The Labute approximate surface area is 179 Å². The molecular formula is C22H24N4O5. The molecule has 0 fully saturated rings. The third-order valence-corrected chi connectivity index (χ3v) is 4.77. The highest BCUT2D eigenvalue weighted by atomic mass is 16.5. The van der Waals surface area contributed by atoms with E-state index in [0.717, 1.165) is 28.4 Å². The van der Waals surface area contributed by atoms with Crippen molar-refractivity contribution in [2.45, 2.75) is 0 Å². The fourth-order valence-corrected chi connectivity index (χ4v) is 3.32. The third kappa shape index (κ3) is 3.95. The predicted octanol–water partition coefficient (Wildman–Crippen LogP) is 3.47. The maximum absolute atomic E-state index is 9.02. The van der Waals surface area contributed by atoms with Gasteiger partial charge in [0, 0.05) is 29.6 Å². The number of H-pyrrole nitrogens is 1. The number of nitrogens with one attached hydrogen (secondary N) is 2. The van der Waals surface area contributed by atoms with Crippen LogP contribution in [-0.2, 0) is 0 Å². The summed E-state index contributed by atoms with van der Waals surface area (Å²) in [6, 6.07) is 13.0. The highest BCUT2D eigenvalue weighted by molar-refractivity contribution is 5.81. The monoisotopic (exact) mass is 424 g/mol. The van der Waals surface area contributed by atoms with Crippen molar-refractivity contribution in [3.05, 3.63) is 48.7 Å². The number of aromatic nitrogens is 3. The molecule has 0 saturated carbocycles. The standard InChI is InChI=1S/C22H24N4O5/c1-28-16-7-5-15(13-19(16)30-3)24-22-21(25-20-8-9-23-26(20)22)14-4-6-17(31-11-10-27)18(12-14)29-2/h4-9,12-13,23-24,27H,10-11H2,1-3H3. The lowest BCUT2D eigenvalue weighted by molar-refractivity contribution is 0.196. The number of rotatable bonds is 9. The molecule has 0 spiro atoms. The Hall–Kier alpha value is -3.85. The number of ether oxygens (including phenoxy) is 4. The summed E-state index contributed by atoms with van der Waals surface area (Å²) in [4.78, 5) is 4.76. The molecule has 9 nitrogen and oxygen atoms in total. The number of aliphatic hydroxyl groups excluding tert-OH is 1. The fourth-order valence-electron chi connectivity index (χ4n) is 3.32. The summed E-state index contributed by atoms with van der Waals surface area (Å²) < 4.78 is 23.6. The quantitative estimate of drug-likeness (QED) is 0.378. The molecule has 4 aromatic rings. The summed E-state index contributed by atoms with van der Waals surface area (Å²) in [5, 5.41) is 15.6. The van der Waals surface area contributed by atoms with Crippen LogP contribution in [0.15, 0.2) is 48.7 Å². The molecule has 31 heavy (non-hydrogen) atoms. The van der Waals surface area contributed by atoms with Crippen molar-refractivity contribution >= 4 is 17.2 Å². The van der Waals surface area contributed by atoms with Gasteiger partial charge in [-0.1, -0.05) is 0 Å². The molecule has 0 aliphatic rings. The molecule has 2 aromatic carbocycles. The van der Waals surface area contributed by atoms with Gasteiger partial charge >= 0.3 is 0 Å². The number of methoxy groups -OCH3 is 3. The average Bonchev–Trinajstić information content (AvgIpc) is 3.40. The van der Waals surface area contributed by atoms with Gasteiger partial charge in [-0.2, -0.15) is 0 Å². The van der Waals surface area contributed by atoms with Gasteiger partial charge in [-0.15, -0.1) is 0 Å². The number of nitrogens with zero attached hydrogens (tertiary/aromatic N) is 2. The lowest BCUT2D eigenvalue weighted by atomic mass is 10.1. The van der Waals surface area contributed by atoms with Crippen molar-refractivity contribution in [2.75, 3.05) is 39.9 Å². The summed E-state index contributed by atoms with van der Waals surface area (Å²) >= 11 is 0. The molecule has 0 unspecified atom stereocenters. The van der Waals surface area contributed by atoms with Crippen LogP contribution in [0.5, 0.6) is 23.0 Å². The van der Waals surface area contributed by atoms with Gasteiger partial charge in [0.25, 0.3) is 0 Å². The van der Waals surface area contributed by atoms with Crippen LogP contribution >= 0.6 is 0 Å². The second-order valence-electron chi connectivity index (χ2n) is 6.60. The zero-order chi connectivity index (χ0) is 21.8. The van der Waals surface area contributed by atoms with E-state index in [4.69, 9.17) is 29.0 Å². The molecule has 0 atom stereocenters. The van der Waals surface area contributed by atoms with E-state index in [1.54, 1.807) is 27.4 Å². The van der Waals surface area contributed by atoms with Crippen molar-refractivity contribution in [1.29, 1.82) is 0 Å². The van der Waals surface area contributed by atoms with Crippen LogP contribution in [0.1, 0.15) is 0 Å². The summed E-state index contributed by atoms with van der Waals surface area (Å²) in [6.45, 7) is 0.116. The van der Waals surface area contributed by atoms with Crippen molar-refractivity contribution < 1.29 is 24.1 Å². The Balaban J connectivity index is 1.75. The van der Waals surface area contributed by atoms with E-state index in [9.17, 15) is 0 Å². The lowest BCUT2D eigenvalue weighted by Crippen LogP contribution is -2.03. The summed E-state index contributed by atoms with van der Waals surface area (Å²) in [5.74, 6) is 3.13. The largest absolute Gasteiger partial charge is 0.493 e. The second-order valence-corrected chi connectivity index (χ2v) is 6.60. The smallest absolute Gasteiger partial charge is 0.162 e. The first kappa shape index (κ1) is 20.4. The van der Waals surface area contributed by atoms with Crippen LogP contribution in [0.4, 0.5) is 11.5 Å². The Morgan fingerprint density at radius 2 is 1.68 bits per heavy atom. The molecule has 0 aliphatic carbocycles. The van der Waals surface area contributed by atoms with Gasteiger partial charge in [0.1, 0.15) is 12.3 Å². The summed E-state index contributed by atoms with van der Waals surface area (Å²) in [7, 11) is 4.77. The first-order valence-electron chi connectivity index (χ1n) is 9.65. The van der Waals surface area contributed by atoms with E-state index in [0.29, 0.717) is 23.0 Å². The number of aliphatic hydroxyl groups is 1. The number of hydrogen-bond acceptors (Lipinski definition) is 7. The van der Waals surface area contributed by atoms with Crippen LogP contribution in [-0.4, -0.2) is 54.2 Å². The fraction of sp³-hybridized carbons (Fsp3) is 0.227. The molecular weight excluding hydrogens is 400 g/mol. The van der Waals surface area contributed by atoms with E-state index in [-0.39, 0.29) is 13.2 Å². The van der Waals surface area contributed by atoms with E-state index in [1.807, 2.05) is 47.1 Å². The van der Waals surface area contributed by atoms with Gasteiger partial charge in [-0.25, -0.2) is 9.50 Å². The Bertz CT molecular complexity index is 1180. The number of aromatic amines is 1. The normalized spacial score (nSPS) is 10.8. The van der Waals surface area contributed by atoms with E-state index < -0.39 is 0 Å². The second kappa shape index (κ2) is 8.88. The van der Waals surface area contributed by atoms with Crippen LogP contribution < -0.4 is 24.3 Å². The van der Waals surface area contributed by atoms with E-state index in [1.165, 1.54) is 0 Å². The SMILES string of the molecule is COc1ccc(Nc2c(-c3ccc(OCCO)c(OC)c3)nc3cc[nH]n23)cc1OC. The molecule has 3 N–H and O–H groups in total. The lowest BCUT2D eigenvalue weighted by Gasteiger charge is -2.13. The maximum Gasteiger partial charge on any atom is 0.162 e. The Morgan fingerprint density at radius 1 is 0.935 bits per heavy atom. The number of imidazole rings is 1. The van der Waals surface area contributed by atoms with Gasteiger partial charge in [-0.05, 0) is 30.3 Å². The van der Waals surface area contributed by atoms with Crippen molar-refractivity contribution in [2.24, 2.45) is 0 Å². The molecule has 162 valence electrons. The van der Waals surface area contributed by atoms with E-state index in [2.05, 4.69) is 10.4 Å². The first-order valence-corrected chi connectivity index (χ1v) is 9.65. The molecule has 0 amide bonds. The first-order chi connectivity index (χ1) is 15.2. The topological polar surface area (TPSA) is 102 Å². The van der Waals surface area contributed by atoms with Gasteiger partial charge in [-0.3, -0.25) is 5.10 Å². The number of fused-ring (bicyclic) bond motifs is 1. The van der Waals surface area contributed by atoms with E-state index >= 15 is 0 Å². The molecule has 2 aromatic heterocycles. The minimum absolute atomic E-state index is 0.0733. The Kier molecular flexibility index (Phi) is 5.85. The zero-order valence-corrected chi connectivity index (χ0v) is 17.5. The molecule has 0 aliphatic heterocycles. The summed E-state index contributed by atoms with van der Waals surface area (Å²) in [5.41, 5.74) is 3.14. The minimum Gasteiger partial charge on any atom is -0.493 e. The van der Waals surface area contributed by atoms with Crippen molar-refractivity contribution in [3.8, 4) is 34.3 Å². The van der Waals surface area contributed by atoms with Crippen molar-refractivity contribution in [3.63, 3.8) is 0 Å².